The number of aliphatic imine (C=N–C) groups is 1. The summed E-state index contributed by atoms with van der Waals surface area (Å²) in [7, 11) is -3.95. The lowest BCUT2D eigenvalue weighted by Crippen LogP contribution is -2.08. The molecule has 136 valence electrons. The number of nitrogens with zero attached hydrogens (tertiary/aromatic N) is 3. The lowest BCUT2D eigenvalue weighted by molar-refractivity contribution is 0.590. The van der Waals surface area contributed by atoms with Crippen LogP contribution in [-0.2, 0) is 16.3 Å². The van der Waals surface area contributed by atoms with E-state index in [0.717, 1.165) is 23.3 Å². The van der Waals surface area contributed by atoms with Gasteiger partial charge in [0.2, 0.25) is 9.84 Å². The molecule has 8 heteroatoms. The minimum Gasteiger partial charge on any atom is -0.292 e. The van der Waals surface area contributed by atoms with Gasteiger partial charge in [-0.05, 0) is 53.9 Å². The molecule has 0 radical (unpaired) electrons. The molecule has 0 atom stereocenters. The Bertz CT molecular complexity index is 1160. The lowest BCUT2D eigenvalue weighted by atomic mass is 10.00. The van der Waals surface area contributed by atoms with Gasteiger partial charge in [0.05, 0.1) is 21.2 Å². The van der Waals surface area contributed by atoms with Crippen molar-refractivity contribution in [2.75, 3.05) is 6.54 Å². The van der Waals surface area contributed by atoms with Gasteiger partial charge in [0.1, 0.15) is 5.82 Å². The third kappa shape index (κ3) is 3.36. The molecule has 4 rings (SSSR count). The van der Waals surface area contributed by atoms with Gasteiger partial charge in [0.25, 0.3) is 0 Å². The summed E-state index contributed by atoms with van der Waals surface area (Å²) in [5, 5.41) is 0.0148. The normalized spacial score (nSPS) is 13.4. The first-order chi connectivity index (χ1) is 12.9. The van der Waals surface area contributed by atoms with Gasteiger partial charge in [0, 0.05) is 30.2 Å². The van der Waals surface area contributed by atoms with Crippen molar-refractivity contribution in [2.24, 2.45) is 4.99 Å². The van der Waals surface area contributed by atoms with E-state index in [1.54, 1.807) is 12.4 Å². The highest BCUT2D eigenvalue weighted by Gasteiger charge is 2.22. The van der Waals surface area contributed by atoms with E-state index >= 15 is 0 Å². The number of halogens is 2. The van der Waals surface area contributed by atoms with Crippen LogP contribution in [0.1, 0.15) is 11.1 Å². The summed E-state index contributed by atoms with van der Waals surface area (Å²) in [6.07, 6.45) is 5.52. The molecule has 27 heavy (non-hydrogen) atoms. The monoisotopic (exact) mass is 401 g/mol. The standard InChI is InChI=1S/C19H13ClFN3O2S/c20-13-7-14(21)9-16(8-13)27(25,26)15-2-6-23-18(10-15)19-17-3-4-22-11-12(17)1-5-24-19/h1-2,5-11H,3-4H2. The molecular weight excluding hydrogens is 389 g/mol. The van der Waals surface area contributed by atoms with Crippen molar-refractivity contribution >= 4 is 27.7 Å². The van der Waals surface area contributed by atoms with Crippen molar-refractivity contribution in [1.29, 1.82) is 0 Å². The Balaban J connectivity index is 1.83. The quantitative estimate of drug-likeness (QED) is 0.670. The fourth-order valence-corrected chi connectivity index (χ4v) is 4.59. The highest BCUT2D eigenvalue weighted by atomic mass is 35.5. The number of sulfone groups is 1. The van der Waals surface area contributed by atoms with Crippen LogP contribution in [0, 0.1) is 5.82 Å². The highest BCUT2D eigenvalue weighted by molar-refractivity contribution is 7.91. The molecule has 3 aromatic rings. The maximum absolute atomic E-state index is 13.6. The fourth-order valence-electron chi connectivity index (χ4n) is 2.98. The SMILES string of the molecule is O=S(=O)(c1cc(F)cc(Cl)c1)c1ccnc(-c2nccc3c2CCN=C3)c1. The summed E-state index contributed by atoms with van der Waals surface area (Å²) >= 11 is 5.81. The first-order valence-electron chi connectivity index (χ1n) is 8.10. The third-order valence-corrected chi connectivity index (χ3v) is 6.19. The van der Waals surface area contributed by atoms with E-state index in [-0.39, 0.29) is 14.8 Å². The predicted octanol–water partition coefficient (Wildman–Crippen LogP) is 3.74. The molecule has 1 aliphatic heterocycles. The highest BCUT2D eigenvalue weighted by Crippen LogP contribution is 2.29. The van der Waals surface area contributed by atoms with E-state index in [2.05, 4.69) is 15.0 Å². The molecule has 0 aliphatic carbocycles. The van der Waals surface area contributed by atoms with Crippen molar-refractivity contribution in [1.82, 2.24) is 9.97 Å². The van der Waals surface area contributed by atoms with Crippen LogP contribution in [0.2, 0.25) is 5.02 Å². The summed E-state index contributed by atoms with van der Waals surface area (Å²) in [6.45, 7) is 0.644. The summed E-state index contributed by atoms with van der Waals surface area (Å²) in [5.74, 6) is -0.714. The number of hydrogen-bond acceptors (Lipinski definition) is 5. The van der Waals surface area contributed by atoms with Gasteiger partial charge in [-0.15, -0.1) is 0 Å². The van der Waals surface area contributed by atoms with Crippen molar-refractivity contribution in [3.63, 3.8) is 0 Å². The zero-order valence-electron chi connectivity index (χ0n) is 13.9. The summed E-state index contributed by atoms with van der Waals surface area (Å²) in [4.78, 5) is 12.7. The second-order valence-corrected chi connectivity index (χ2v) is 8.38. The first kappa shape index (κ1) is 17.8. The van der Waals surface area contributed by atoms with Crippen LogP contribution in [-0.4, -0.2) is 31.1 Å². The largest absolute Gasteiger partial charge is 0.292 e. The molecule has 0 N–H and O–H groups in total. The Hall–Kier alpha value is -2.64. The maximum atomic E-state index is 13.6. The van der Waals surface area contributed by atoms with Crippen LogP contribution in [0.4, 0.5) is 4.39 Å². The van der Waals surface area contributed by atoms with Crippen LogP contribution in [0.15, 0.2) is 63.6 Å². The van der Waals surface area contributed by atoms with Gasteiger partial charge in [0.15, 0.2) is 0 Å². The van der Waals surface area contributed by atoms with E-state index in [1.807, 2.05) is 6.07 Å². The van der Waals surface area contributed by atoms with Gasteiger partial charge in [-0.2, -0.15) is 0 Å². The first-order valence-corrected chi connectivity index (χ1v) is 9.96. The number of aromatic nitrogens is 2. The fraction of sp³-hybridized carbons (Fsp3) is 0.105. The molecule has 0 unspecified atom stereocenters. The van der Waals surface area contributed by atoms with Crippen LogP contribution < -0.4 is 0 Å². The second-order valence-electron chi connectivity index (χ2n) is 6.00. The average Bonchev–Trinajstić information content (AvgIpc) is 2.67. The maximum Gasteiger partial charge on any atom is 0.206 e. The Labute approximate surface area is 160 Å². The van der Waals surface area contributed by atoms with E-state index in [9.17, 15) is 12.8 Å². The Kier molecular flexibility index (Phi) is 4.49. The minimum absolute atomic E-state index is 0.00181. The molecule has 0 saturated carbocycles. The minimum atomic E-state index is -3.95. The van der Waals surface area contributed by atoms with E-state index in [0.29, 0.717) is 24.4 Å². The predicted molar refractivity (Wildman–Crippen MR) is 100 cm³/mol. The number of pyridine rings is 2. The summed E-state index contributed by atoms with van der Waals surface area (Å²) in [6, 6.07) is 7.90. The van der Waals surface area contributed by atoms with Crippen LogP contribution in [0.5, 0.6) is 0 Å². The molecule has 0 bridgehead atoms. The van der Waals surface area contributed by atoms with Crippen molar-refractivity contribution in [3.8, 4) is 11.4 Å². The van der Waals surface area contributed by atoms with Gasteiger partial charge in [-0.1, -0.05) is 11.6 Å². The Morgan fingerprint density at radius 3 is 2.63 bits per heavy atom. The molecule has 5 nitrogen and oxygen atoms in total. The number of rotatable bonds is 3. The molecule has 2 aromatic heterocycles. The molecule has 1 aliphatic rings. The van der Waals surface area contributed by atoms with E-state index in [4.69, 9.17) is 11.6 Å². The Morgan fingerprint density at radius 2 is 1.81 bits per heavy atom. The lowest BCUT2D eigenvalue weighted by Gasteiger charge is -2.14. The second kappa shape index (κ2) is 6.83. The average molecular weight is 402 g/mol. The van der Waals surface area contributed by atoms with E-state index < -0.39 is 15.7 Å². The van der Waals surface area contributed by atoms with Gasteiger partial charge < -0.3 is 0 Å². The van der Waals surface area contributed by atoms with Gasteiger partial charge in [-0.25, -0.2) is 12.8 Å². The smallest absolute Gasteiger partial charge is 0.206 e. The van der Waals surface area contributed by atoms with Crippen molar-refractivity contribution in [2.45, 2.75) is 16.2 Å². The third-order valence-electron chi connectivity index (χ3n) is 4.24. The molecule has 0 saturated heterocycles. The Morgan fingerprint density at radius 1 is 1.00 bits per heavy atom. The molecule has 0 spiro atoms. The molecule has 1 aromatic carbocycles. The number of benzene rings is 1. The molecule has 0 amide bonds. The topological polar surface area (TPSA) is 72.3 Å². The molecular formula is C19H13ClFN3O2S. The zero-order chi connectivity index (χ0) is 19.0. The van der Waals surface area contributed by atoms with Crippen LogP contribution >= 0.6 is 11.6 Å². The molecule has 3 heterocycles. The number of fused-ring (bicyclic) bond motifs is 1. The summed E-state index contributed by atoms with van der Waals surface area (Å²) < 4.78 is 39.5. The number of hydrogen-bond donors (Lipinski definition) is 0. The van der Waals surface area contributed by atoms with Crippen LogP contribution in [0.3, 0.4) is 0 Å². The summed E-state index contributed by atoms with van der Waals surface area (Å²) in [5.41, 5.74) is 2.97. The van der Waals surface area contributed by atoms with Crippen molar-refractivity contribution < 1.29 is 12.8 Å². The van der Waals surface area contributed by atoms with Gasteiger partial charge in [-0.3, -0.25) is 15.0 Å². The van der Waals surface area contributed by atoms with Crippen molar-refractivity contribution in [3.05, 3.63) is 70.8 Å². The van der Waals surface area contributed by atoms with E-state index in [1.165, 1.54) is 24.4 Å². The van der Waals surface area contributed by atoms with Gasteiger partial charge >= 0.3 is 0 Å². The molecule has 0 fully saturated rings. The zero-order valence-corrected chi connectivity index (χ0v) is 15.5. The van der Waals surface area contributed by atoms with Crippen LogP contribution in [0.25, 0.3) is 11.4 Å².